The molecule has 8 nitrogen and oxygen atoms in total. The lowest BCUT2D eigenvalue weighted by Gasteiger charge is -2.08. The molecular weight excluding hydrogens is 454 g/mol. The first-order valence-corrected chi connectivity index (χ1v) is 11.5. The number of carbonyl (C=O) groups is 2. The van der Waals surface area contributed by atoms with Gasteiger partial charge in [-0.1, -0.05) is 42.5 Å². The largest absolute Gasteiger partial charge is 0.361 e. The fraction of sp³-hybridized carbons (Fsp3) is 0.107. The number of amides is 2. The molecule has 3 N–H and O–H groups in total. The van der Waals surface area contributed by atoms with Crippen LogP contribution in [0.5, 0.6) is 0 Å². The fourth-order valence-electron chi connectivity index (χ4n) is 4.29. The van der Waals surface area contributed by atoms with Gasteiger partial charge in [0.2, 0.25) is 5.91 Å². The standard InChI is InChI=1S/C28H25N5O3/c1-18-26(28(36)33(32(18)2)22-11-4-3-5-12-22)31-27(35)19-9-8-10-21(15-19)30-25(34)16-20-17-29-24-14-7-6-13-23(20)24/h3-15,17,29H,16H2,1-2H3,(H,30,34)(H,31,35). The highest BCUT2D eigenvalue weighted by Gasteiger charge is 2.19. The minimum Gasteiger partial charge on any atom is -0.361 e. The van der Waals surface area contributed by atoms with Crippen molar-refractivity contribution in [3.8, 4) is 5.69 Å². The molecule has 0 aliphatic heterocycles. The Morgan fingerprint density at radius 1 is 0.917 bits per heavy atom. The van der Waals surface area contributed by atoms with Crippen molar-refractivity contribution in [2.45, 2.75) is 13.3 Å². The van der Waals surface area contributed by atoms with Crippen LogP contribution in [0, 0.1) is 6.92 Å². The van der Waals surface area contributed by atoms with Gasteiger partial charge in [-0.15, -0.1) is 0 Å². The van der Waals surface area contributed by atoms with E-state index in [2.05, 4.69) is 15.6 Å². The average molecular weight is 480 g/mol. The molecule has 0 aliphatic rings. The third-order valence-corrected chi connectivity index (χ3v) is 6.23. The monoisotopic (exact) mass is 479 g/mol. The number of hydrogen-bond donors (Lipinski definition) is 3. The highest BCUT2D eigenvalue weighted by Crippen LogP contribution is 2.20. The predicted molar refractivity (Wildman–Crippen MR) is 141 cm³/mol. The second kappa shape index (κ2) is 9.42. The van der Waals surface area contributed by atoms with Gasteiger partial charge in [-0.25, -0.2) is 4.68 Å². The summed E-state index contributed by atoms with van der Waals surface area (Å²) >= 11 is 0. The van der Waals surface area contributed by atoms with Gasteiger partial charge in [0.05, 0.1) is 17.8 Å². The third kappa shape index (κ3) is 4.32. The lowest BCUT2D eigenvalue weighted by atomic mass is 10.1. The van der Waals surface area contributed by atoms with E-state index in [1.807, 2.05) is 60.8 Å². The van der Waals surface area contributed by atoms with Gasteiger partial charge in [-0.05, 0) is 48.9 Å². The van der Waals surface area contributed by atoms with Crippen molar-refractivity contribution in [1.82, 2.24) is 14.3 Å². The Kier molecular flexibility index (Phi) is 6.00. The number of hydrogen-bond acceptors (Lipinski definition) is 3. The van der Waals surface area contributed by atoms with Crippen LogP contribution in [0.25, 0.3) is 16.6 Å². The van der Waals surface area contributed by atoms with E-state index >= 15 is 0 Å². The summed E-state index contributed by atoms with van der Waals surface area (Å²) in [6, 6.07) is 23.7. The van der Waals surface area contributed by atoms with Crippen molar-refractivity contribution >= 4 is 34.1 Å². The zero-order valence-electron chi connectivity index (χ0n) is 19.9. The maximum atomic E-state index is 13.1. The Labute approximate surface area is 207 Å². The summed E-state index contributed by atoms with van der Waals surface area (Å²) in [5.41, 5.74) is 3.91. The minimum absolute atomic E-state index is 0.193. The first kappa shape index (κ1) is 22.9. The van der Waals surface area contributed by atoms with Crippen LogP contribution in [0.1, 0.15) is 21.6 Å². The van der Waals surface area contributed by atoms with E-state index < -0.39 is 5.91 Å². The summed E-state index contributed by atoms with van der Waals surface area (Å²) in [5, 5.41) is 6.61. The smallest absolute Gasteiger partial charge is 0.295 e. The van der Waals surface area contributed by atoms with Crippen LogP contribution in [0.2, 0.25) is 0 Å². The quantitative estimate of drug-likeness (QED) is 0.337. The molecule has 0 spiro atoms. The molecular formula is C28H25N5O3. The molecule has 5 rings (SSSR count). The topological polar surface area (TPSA) is 101 Å². The van der Waals surface area contributed by atoms with Crippen LogP contribution in [0.15, 0.2) is 89.9 Å². The fourth-order valence-corrected chi connectivity index (χ4v) is 4.29. The van der Waals surface area contributed by atoms with Gasteiger partial charge < -0.3 is 15.6 Å². The molecule has 5 aromatic rings. The minimum atomic E-state index is -0.436. The predicted octanol–water partition coefficient (Wildman–Crippen LogP) is 4.40. The van der Waals surface area contributed by atoms with E-state index in [4.69, 9.17) is 0 Å². The van der Waals surface area contributed by atoms with Crippen molar-refractivity contribution in [1.29, 1.82) is 0 Å². The van der Waals surface area contributed by atoms with Crippen molar-refractivity contribution in [2.24, 2.45) is 7.05 Å². The first-order chi connectivity index (χ1) is 17.4. The number of aromatic amines is 1. The maximum absolute atomic E-state index is 13.1. The van der Waals surface area contributed by atoms with E-state index in [1.165, 1.54) is 4.68 Å². The van der Waals surface area contributed by atoms with E-state index in [-0.39, 0.29) is 23.6 Å². The number of benzene rings is 3. The first-order valence-electron chi connectivity index (χ1n) is 11.5. The summed E-state index contributed by atoms with van der Waals surface area (Å²) < 4.78 is 3.21. The number of aromatic nitrogens is 3. The molecule has 0 unspecified atom stereocenters. The van der Waals surface area contributed by atoms with Gasteiger partial charge in [0, 0.05) is 35.4 Å². The highest BCUT2D eigenvalue weighted by atomic mass is 16.2. The Bertz CT molecular complexity index is 1640. The van der Waals surface area contributed by atoms with Crippen LogP contribution in [-0.4, -0.2) is 26.2 Å². The molecule has 2 amide bonds. The summed E-state index contributed by atoms with van der Waals surface area (Å²) in [5.74, 6) is -0.629. The maximum Gasteiger partial charge on any atom is 0.295 e. The SMILES string of the molecule is Cc1c(NC(=O)c2cccc(NC(=O)Cc3c[nH]c4ccccc34)c2)c(=O)n(-c2ccccc2)n1C. The van der Waals surface area contributed by atoms with Gasteiger partial charge in [0.25, 0.3) is 11.5 Å². The second-order valence-corrected chi connectivity index (χ2v) is 8.56. The molecule has 0 saturated carbocycles. The molecule has 3 aromatic carbocycles. The second-order valence-electron chi connectivity index (χ2n) is 8.56. The number of nitrogens with zero attached hydrogens (tertiary/aromatic N) is 2. The molecule has 2 heterocycles. The molecule has 2 aromatic heterocycles. The lowest BCUT2D eigenvalue weighted by Crippen LogP contribution is -2.23. The molecule has 0 fully saturated rings. The molecule has 36 heavy (non-hydrogen) atoms. The lowest BCUT2D eigenvalue weighted by molar-refractivity contribution is -0.115. The van der Waals surface area contributed by atoms with Crippen molar-refractivity contribution in [3.05, 3.63) is 112 Å². The van der Waals surface area contributed by atoms with Crippen LogP contribution < -0.4 is 16.2 Å². The van der Waals surface area contributed by atoms with Crippen molar-refractivity contribution in [3.63, 3.8) is 0 Å². The summed E-state index contributed by atoms with van der Waals surface area (Å²) in [6.07, 6.45) is 2.03. The third-order valence-electron chi connectivity index (χ3n) is 6.23. The summed E-state index contributed by atoms with van der Waals surface area (Å²) in [7, 11) is 1.77. The molecule has 0 saturated heterocycles. The van der Waals surface area contributed by atoms with Gasteiger partial charge >= 0.3 is 0 Å². The molecule has 0 aliphatic carbocycles. The number of anilines is 2. The zero-order valence-corrected chi connectivity index (χ0v) is 19.9. The molecule has 8 heteroatoms. The zero-order chi connectivity index (χ0) is 25.2. The summed E-state index contributed by atoms with van der Waals surface area (Å²) in [4.78, 5) is 42.0. The number of nitrogens with one attached hydrogen (secondary N) is 3. The Balaban J connectivity index is 1.32. The van der Waals surface area contributed by atoms with Crippen LogP contribution in [0.3, 0.4) is 0 Å². The number of fused-ring (bicyclic) bond motifs is 1. The Hall–Kier alpha value is -4.85. The number of para-hydroxylation sites is 2. The molecule has 0 radical (unpaired) electrons. The van der Waals surface area contributed by atoms with Crippen LogP contribution in [0.4, 0.5) is 11.4 Å². The van der Waals surface area contributed by atoms with Crippen LogP contribution in [-0.2, 0) is 18.3 Å². The van der Waals surface area contributed by atoms with Gasteiger partial charge in [-0.2, -0.15) is 0 Å². The highest BCUT2D eigenvalue weighted by molar-refractivity contribution is 6.05. The summed E-state index contributed by atoms with van der Waals surface area (Å²) in [6.45, 7) is 1.78. The van der Waals surface area contributed by atoms with E-state index in [0.717, 1.165) is 16.5 Å². The molecule has 0 bridgehead atoms. The average Bonchev–Trinajstić information content (AvgIpc) is 3.38. The number of H-pyrrole nitrogens is 1. The Morgan fingerprint density at radius 2 is 1.67 bits per heavy atom. The van der Waals surface area contributed by atoms with Crippen LogP contribution >= 0.6 is 0 Å². The van der Waals surface area contributed by atoms with Gasteiger partial charge in [-0.3, -0.25) is 19.1 Å². The van der Waals surface area contributed by atoms with E-state index in [0.29, 0.717) is 22.6 Å². The number of carbonyl (C=O) groups excluding carboxylic acids is 2. The normalized spacial score (nSPS) is 10.9. The molecule has 0 atom stereocenters. The molecule has 180 valence electrons. The van der Waals surface area contributed by atoms with E-state index in [1.54, 1.807) is 42.9 Å². The number of rotatable bonds is 6. The Morgan fingerprint density at radius 3 is 2.47 bits per heavy atom. The van der Waals surface area contributed by atoms with Gasteiger partial charge in [0.15, 0.2) is 0 Å². The van der Waals surface area contributed by atoms with E-state index in [9.17, 15) is 14.4 Å². The van der Waals surface area contributed by atoms with Crippen molar-refractivity contribution in [2.75, 3.05) is 10.6 Å². The van der Waals surface area contributed by atoms with Gasteiger partial charge in [0.1, 0.15) is 5.69 Å². The van der Waals surface area contributed by atoms with Crippen molar-refractivity contribution < 1.29 is 9.59 Å².